The van der Waals surface area contributed by atoms with Gasteiger partial charge in [-0.2, -0.15) is 0 Å². The second-order valence-electron chi connectivity index (χ2n) is 7.70. The number of nitrogens with one attached hydrogen (secondary N) is 1. The number of carboxylic acids is 1. The van der Waals surface area contributed by atoms with Crippen LogP contribution in [0.15, 0.2) is 67.0 Å². The molecule has 170 valence electrons. The number of H-pyrrole nitrogens is 1. The van der Waals surface area contributed by atoms with E-state index in [0.29, 0.717) is 44.0 Å². The zero-order chi connectivity index (χ0) is 24.0. The lowest BCUT2D eigenvalue weighted by Crippen LogP contribution is -2.05. The van der Waals surface area contributed by atoms with Crippen LogP contribution in [-0.2, 0) is 6.54 Å². The molecule has 0 amide bonds. The standard InChI is InChI=1S/C25H15ClF3N3O2/c26-15-4-7-17-20(10-15)31-23(25(33)34)21(17)24-22(14-2-5-16(27)6-3-14)30-12-32(24)11-13-1-8-18(28)19(29)9-13/h1-10,12,31H,11H2,(H,33,34). The predicted octanol–water partition coefficient (Wildman–Crippen LogP) is 6.52. The highest BCUT2D eigenvalue weighted by Gasteiger charge is 2.25. The third kappa shape index (κ3) is 3.82. The Labute approximate surface area is 196 Å². The number of halogens is 4. The maximum atomic E-state index is 13.8. The Morgan fingerprint density at radius 1 is 1.00 bits per heavy atom. The third-order valence-corrected chi connectivity index (χ3v) is 5.74. The lowest BCUT2D eigenvalue weighted by molar-refractivity contribution is 0.0692. The molecular weight excluding hydrogens is 467 g/mol. The van der Waals surface area contributed by atoms with E-state index < -0.39 is 23.4 Å². The minimum Gasteiger partial charge on any atom is -0.477 e. The summed E-state index contributed by atoms with van der Waals surface area (Å²) in [6.07, 6.45) is 1.48. The second-order valence-corrected chi connectivity index (χ2v) is 8.13. The molecule has 5 rings (SSSR count). The van der Waals surface area contributed by atoms with Crippen molar-refractivity contribution in [3.8, 4) is 22.5 Å². The van der Waals surface area contributed by atoms with E-state index in [2.05, 4.69) is 9.97 Å². The van der Waals surface area contributed by atoms with Gasteiger partial charge >= 0.3 is 5.97 Å². The van der Waals surface area contributed by atoms with Gasteiger partial charge in [0, 0.05) is 33.6 Å². The van der Waals surface area contributed by atoms with Crippen molar-refractivity contribution in [2.75, 3.05) is 0 Å². The van der Waals surface area contributed by atoms with Crippen molar-refractivity contribution < 1.29 is 23.1 Å². The summed E-state index contributed by atoms with van der Waals surface area (Å²) >= 11 is 6.11. The van der Waals surface area contributed by atoms with Crippen molar-refractivity contribution in [3.05, 3.63) is 101 Å². The van der Waals surface area contributed by atoms with Crippen molar-refractivity contribution in [1.82, 2.24) is 14.5 Å². The molecule has 3 aromatic carbocycles. The zero-order valence-electron chi connectivity index (χ0n) is 17.3. The number of rotatable bonds is 5. The van der Waals surface area contributed by atoms with E-state index in [-0.39, 0.29) is 12.2 Å². The Morgan fingerprint density at radius 3 is 2.47 bits per heavy atom. The van der Waals surface area contributed by atoms with Crippen LogP contribution in [0.1, 0.15) is 16.1 Å². The maximum absolute atomic E-state index is 13.8. The topological polar surface area (TPSA) is 70.9 Å². The highest BCUT2D eigenvalue weighted by molar-refractivity contribution is 6.31. The van der Waals surface area contributed by atoms with E-state index >= 15 is 0 Å². The number of nitrogens with zero attached hydrogens (tertiary/aromatic N) is 2. The highest BCUT2D eigenvalue weighted by Crippen LogP contribution is 2.39. The molecule has 2 heterocycles. The van der Waals surface area contributed by atoms with Gasteiger partial charge in [0.25, 0.3) is 0 Å². The molecule has 0 unspecified atom stereocenters. The fourth-order valence-electron chi connectivity index (χ4n) is 3.99. The first-order valence-corrected chi connectivity index (χ1v) is 10.5. The van der Waals surface area contributed by atoms with Gasteiger partial charge in [0.05, 0.1) is 17.7 Å². The monoisotopic (exact) mass is 481 g/mol. The molecule has 0 saturated carbocycles. The van der Waals surface area contributed by atoms with Crippen molar-refractivity contribution in [2.24, 2.45) is 0 Å². The van der Waals surface area contributed by atoms with Gasteiger partial charge in [0.2, 0.25) is 0 Å². The Morgan fingerprint density at radius 2 is 1.76 bits per heavy atom. The Bertz CT molecular complexity index is 1560. The smallest absolute Gasteiger partial charge is 0.353 e. The van der Waals surface area contributed by atoms with Crippen LogP contribution in [-0.4, -0.2) is 25.6 Å². The average Bonchev–Trinajstić information content (AvgIpc) is 3.37. The predicted molar refractivity (Wildman–Crippen MR) is 122 cm³/mol. The van der Waals surface area contributed by atoms with Gasteiger partial charge in [-0.25, -0.2) is 22.9 Å². The number of benzene rings is 3. The molecule has 34 heavy (non-hydrogen) atoms. The molecule has 2 aromatic heterocycles. The third-order valence-electron chi connectivity index (χ3n) is 5.50. The molecule has 2 N–H and O–H groups in total. The molecule has 0 aliphatic rings. The van der Waals surface area contributed by atoms with Crippen LogP contribution in [0, 0.1) is 17.5 Å². The molecule has 0 saturated heterocycles. The summed E-state index contributed by atoms with van der Waals surface area (Å²) in [5, 5.41) is 10.9. The van der Waals surface area contributed by atoms with Crippen LogP contribution in [0.25, 0.3) is 33.4 Å². The van der Waals surface area contributed by atoms with Gasteiger partial charge in [-0.3, -0.25) is 0 Å². The quantitative estimate of drug-likeness (QED) is 0.300. The molecule has 0 bridgehead atoms. The number of fused-ring (bicyclic) bond motifs is 1. The first-order valence-electron chi connectivity index (χ1n) is 10.1. The number of imidazole rings is 1. The van der Waals surface area contributed by atoms with E-state index in [1.54, 1.807) is 22.8 Å². The molecule has 5 nitrogen and oxygen atoms in total. The van der Waals surface area contributed by atoms with Crippen molar-refractivity contribution >= 4 is 28.5 Å². The van der Waals surface area contributed by atoms with Crippen LogP contribution in [0.3, 0.4) is 0 Å². The van der Waals surface area contributed by atoms with Crippen LogP contribution < -0.4 is 0 Å². The SMILES string of the molecule is O=C(O)c1[nH]c2cc(Cl)ccc2c1-c1c(-c2ccc(F)cc2)ncn1Cc1ccc(F)c(F)c1. The van der Waals surface area contributed by atoms with Gasteiger partial charge in [-0.05, 0) is 54.1 Å². The van der Waals surface area contributed by atoms with Crippen LogP contribution in [0.4, 0.5) is 13.2 Å². The molecule has 0 atom stereocenters. The van der Waals surface area contributed by atoms with Crippen molar-refractivity contribution in [2.45, 2.75) is 6.54 Å². The summed E-state index contributed by atoms with van der Waals surface area (Å²) in [6, 6.07) is 14.1. The summed E-state index contributed by atoms with van der Waals surface area (Å²) in [7, 11) is 0. The lowest BCUT2D eigenvalue weighted by Gasteiger charge is -2.12. The fourth-order valence-corrected chi connectivity index (χ4v) is 4.17. The molecule has 9 heteroatoms. The number of aromatic nitrogens is 3. The summed E-state index contributed by atoms with van der Waals surface area (Å²) in [5.74, 6) is -3.60. The minimum atomic E-state index is -1.20. The molecule has 0 aliphatic heterocycles. The normalized spacial score (nSPS) is 11.3. The van der Waals surface area contributed by atoms with E-state index in [0.717, 1.165) is 12.1 Å². The molecule has 0 radical (unpaired) electrons. The summed E-state index contributed by atoms with van der Waals surface area (Å²) < 4.78 is 42.5. The van der Waals surface area contributed by atoms with Gasteiger partial charge in [-0.1, -0.05) is 23.7 Å². The maximum Gasteiger partial charge on any atom is 0.353 e. The Balaban J connectivity index is 1.78. The molecular formula is C25H15ClF3N3O2. The lowest BCUT2D eigenvalue weighted by atomic mass is 10.0. The van der Waals surface area contributed by atoms with Crippen molar-refractivity contribution in [1.29, 1.82) is 0 Å². The first-order chi connectivity index (χ1) is 16.3. The second kappa shape index (κ2) is 8.39. The van der Waals surface area contributed by atoms with Crippen LogP contribution in [0.2, 0.25) is 5.02 Å². The van der Waals surface area contributed by atoms with E-state index in [1.165, 1.54) is 36.7 Å². The Hall–Kier alpha value is -4.04. The van der Waals surface area contributed by atoms with E-state index in [9.17, 15) is 23.1 Å². The van der Waals surface area contributed by atoms with Gasteiger partial charge in [-0.15, -0.1) is 0 Å². The number of carbonyl (C=O) groups is 1. The van der Waals surface area contributed by atoms with Gasteiger partial charge in [0.15, 0.2) is 11.6 Å². The summed E-state index contributed by atoms with van der Waals surface area (Å²) in [6.45, 7) is 0.0834. The highest BCUT2D eigenvalue weighted by atomic mass is 35.5. The Kier molecular flexibility index (Phi) is 5.37. The zero-order valence-corrected chi connectivity index (χ0v) is 18.1. The first kappa shape index (κ1) is 21.8. The molecule has 5 aromatic rings. The minimum absolute atomic E-state index is 0.0834. The fraction of sp³-hybridized carbons (Fsp3) is 0.0400. The molecule has 0 aliphatic carbocycles. The van der Waals surface area contributed by atoms with Crippen LogP contribution in [0.5, 0.6) is 0 Å². The number of aromatic amines is 1. The van der Waals surface area contributed by atoms with Gasteiger partial charge < -0.3 is 14.7 Å². The average molecular weight is 482 g/mol. The summed E-state index contributed by atoms with van der Waals surface area (Å²) in [4.78, 5) is 19.5. The van der Waals surface area contributed by atoms with E-state index in [4.69, 9.17) is 11.6 Å². The molecule has 0 spiro atoms. The number of carboxylic acid groups (broad SMARTS) is 1. The van der Waals surface area contributed by atoms with Gasteiger partial charge in [0.1, 0.15) is 11.5 Å². The number of hydrogen-bond acceptors (Lipinski definition) is 2. The molecule has 0 fully saturated rings. The number of hydrogen-bond donors (Lipinski definition) is 2. The van der Waals surface area contributed by atoms with Crippen molar-refractivity contribution in [3.63, 3.8) is 0 Å². The van der Waals surface area contributed by atoms with Crippen LogP contribution >= 0.6 is 11.6 Å². The number of aromatic carboxylic acids is 1. The largest absolute Gasteiger partial charge is 0.477 e. The van der Waals surface area contributed by atoms with E-state index in [1.807, 2.05) is 0 Å². The summed E-state index contributed by atoms with van der Waals surface area (Å²) in [5.41, 5.74) is 2.59.